The number of hydrogen-bond donors (Lipinski definition) is 2. The van der Waals surface area contributed by atoms with Crippen LogP contribution in [0, 0.1) is 11.8 Å². The smallest absolute Gasteiger partial charge is 0.225 e. The number of nitrogens with one attached hydrogen (secondary N) is 1. The molecule has 122 valence electrons. The van der Waals surface area contributed by atoms with Crippen molar-refractivity contribution >= 4 is 11.8 Å². The van der Waals surface area contributed by atoms with Gasteiger partial charge in [-0.05, 0) is 24.5 Å². The summed E-state index contributed by atoms with van der Waals surface area (Å²) in [6.07, 6.45) is 1.92. The molecule has 2 heterocycles. The second-order valence-corrected chi connectivity index (χ2v) is 6.15. The summed E-state index contributed by atoms with van der Waals surface area (Å²) in [6, 6.07) is 3.59. The van der Waals surface area contributed by atoms with E-state index in [-0.39, 0.29) is 30.1 Å². The monoisotopic (exact) mass is 308 g/mol. The van der Waals surface area contributed by atoms with E-state index < -0.39 is 6.10 Å². The molecule has 0 aliphatic carbocycles. The molecule has 1 aliphatic heterocycles. The summed E-state index contributed by atoms with van der Waals surface area (Å²) in [7, 11) is 0. The summed E-state index contributed by atoms with van der Waals surface area (Å²) in [5, 5.41) is 12.5. The molecule has 6 heteroatoms. The molecule has 1 saturated heterocycles. The first-order chi connectivity index (χ1) is 10.5. The highest BCUT2D eigenvalue weighted by Gasteiger charge is 2.34. The van der Waals surface area contributed by atoms with E-state index >= 15 is 0 Å². The number of aliphatic hydroxyl groups excluding tert-OH is 1. The van der Waals surface area contributed by atoms with Crippen LogP contribution in [-0.4, -0.2) is 41.0 Å². The van der Waals surface area contributed by atoms with Crippen molar-refractivity contribution in [2.24, 2.45) is 11.8 Å². The van der Waals surface area contributed by atoms with Crippen LogP contribution in [0.3, 0.4) is 0 Å². The molecule has 2 atom stereocenters. The molecule has 0 saturated carbocycles. The molecule has 1 fully saturated rings. The van der Waals surface area contributed by atoms with Crippen molar-refractivity contribution in [3.8, 4) is 0 Å². The predicted molar refractivity (Wildman–Crippen MR) is 80.7 cm³/mol. The van der Waals surface area contributed by atoms with Gasteiger partial charge >= 0.3 is 0 Å². The average Bonchev–Trinajstić information content (AvgIpc) is 3.09. The molecular weight excluding hydrogens is 284 g/mol. The van der Waals surface area contributed by atoms with E-state index in [9.17, 15) is 14.7 Å². The fourth-order valence-electron chi connectivity index (χ4n) is 2.51. The fourth-order valence-corrected chi connectivity index (χ4v) is 2.51. The number of carbonyl (C=O) groups excluding carboxylic acids is 2. The molecule has 0 spiro atoms. The molecule has 2 rings (SSSR count). The van der Waals surface area contributed by atoms with Crippen molar-refractivity contribution in [2.75, 3.05) is 13.1 Å². The zero-order chi connectivity index (χ0) is 16.1. The van der Waals surface area contributed by atoms with Gasteiger partial charge in [0.2, 0.25) is 11.8 Å². The lowest BCUT2D eigenvalue weighted by Gasteiger charge is -2.16. The summed E-state index contributed by atoms with van der Waals surface area (Å²) < 4.78 is 5.23. The van der Waals surface area contributed by atoms with Crippen LogP contribution < -0.4 is 5.32 Å². The lowest BCUT2D eigenvalue weighted by atomic mass is 10.0. The number of aliphatic hydroxyl groups is 1. The quantitative estimate of drug-likeness (QED) is 0.791. The summed E-state index contributed by atoms with van der Waals surface area (Å²) in [6.45, 7) is 5.13. The molecule has 2 N–H and O–H groups in total. The lowest BCUT2D eigenvalue weighted by Crippen LogP contribution is -2.35. The van der Waals surface area contributed by atoms with Crippen LogP contribution in [0.25, 0.3) is 0 Å². The summed E-state index contributed by atoms with van der Waals surface area (Å²) in [4.78, 5) is 25.7. The molecular formula is C16H24N2O4. The first-order valence-electron chi connectivity index (χ1n) is 7.73. The van der Waals surface area contributed by atoms with Gasteiger partial charge in [-0.2, -0.15) is 0 Å². The van der Waals surface area contributed by atoms with Crippen molar-refractivity contribution in [1.82, 2.24) is 10.2 Å². The van der Waals surface area contributed by atoms with E-state index in [0.29, 0.717) is 26.1 Å². The van der Waals surface area contributed by atoms with E-state index in [0.717, 1.165) is 5.76 Å². The zero-order valence-electron chi connectivity index (χ0n) is 13.1. The van der Waals surface area contributed by atoms with E-state index in [1.807, 2.05) is 19.9 Å². The molecule has 22 heavy (non-hydrogen) atoms. The summed E-state index contributed by atoms with van der Waals surface area (Å²) in [5.41, 5.74) is 0. The Balaban J connectivity index is 1.76. The van der Waals surface area contributed by atoms with Gasteiger partial charge in [0.25, 0.3) is 0 Å². The third-order valence-corrected chi connectivity index (χ3v) is 4.02. The standard InChI is InChI=1S/C16H24N2O4/c1-11(2)14(19)5-6-17-16(21)12-8-15(20)18(9-12)10-13-4-3-7-22-13/h3-4,7,11-12,14,19H,5-6,8-10H2,1-2H3,(H,17,21). The summed E-state index contributed by atoms with van der Waals surface area (Å²) >= 11 is 0. The number of nitrogens with zero attached hydrogens (tertiary/aromatic N) is 1. The lowest BCUT2D eigenvalue weighted by molar-refractivity contribution is -0.129. The Labute approximate surface area is 130 Å². The topological polar surface area (TPSA) is 82.8 Å². The summed E-state index contributed by atoms with van der Waals surface area (Å²) in [5.74, 6) is 0.423. The van der Waals surface area contributed by atoms with Crippen molar-refractivity contribution in [2.45, 2.75) is 39.3 Å². The minimum atomic E-state index is -0.416. The van der Waals surface area contributed by atoms with Gasteiger partial charge in [-0.1, -0.05) is 13.8 Å². The first-order valence-corrected chi connectivity index (χ1v) is 7.73. The normalized spacial score (nSPS) is 19.7. The van der Waals surface area contributed by atoms with Gasteiger partial charge < -0.3 is 19.7 Å². The Morgan fingerprint density at radius 3 is 2.95 bits per heavy atom. The minimum Gasteiger partial charge on any atom is -0.467 e. The molecule has 1 aromatic rings. The number of amides is 2. The third-order valence-electron chi connectivity index (χ3n) is 4.02. The molecule has 0 radical (unpaired) electrons. The van der Waals surface area contributed by atoms with Gasteiger partial charge in [0.05, 0.1) is 24.8 Å². The molecule has 0 aromatic carbocycles. The van der Waals surface area contributed by atoms with E-state index in [2.05, 4.69) is 5.32 Å². The van der Waals surface area contributed by atoms with Gasteiger partial charge in [0.15, 0.2) is 0 Å². The fraction of sp³-hybridized carbons (Fsp3) is 0.625. The number of carbonyl (C=O) groups is 2. The van der Waals surface area contributed by atoms with Crippen molar-refractivity contribution in [1.29, 1.82) is 0 Å². The predicted octanol–water partition coefficient (Wildman–Crippen LogP) is 1.15. The number of furan rings is 1. The Bertz CT molecular complexity index is 498. The molecule has 1 aromatic heterocycles. The number of likely N-dealkylation sites (tertiary alicyclic amines) is 1. The van der Waals surface area contributed by atoms with Crippen molar-refractivity contribution in [3.05, 3.63) is 24.2 Å². The highest BCUT2D eigenvalue weighted by Crippen LogP contribution is 2.20. The van der Waals surface area contributed by atoms with Crippen LogP contribution in [0.4, 0.5) is 0 Å². The van der Waals surface area contributed by atoms with Crippen LogP contribution in [0.5, 0.6) is 0 Å². The van der Waals surface area contributed by atoms with Gasteiger partial charge in [0.1, 0.15) is 5.76 Å². The molecule has 0 bridgehead atoms. The highest BCUT2D eigenvalue weighted by atomic mass is 16.3. The van der Waals surface area contributed by atoms with E-state index in [1.165, 1.54) is 0 Å². The van der Waals surface area contributed by atoms with Crippen LogP contribution in [-0.2, 0) is 16.1 Å². The van der Waals surface area contributed by atoms with Gasteiger partial charge in [-0.25, -0.2) is 0 Å². The number of rotatable bonds is 7. The Morgan fingerprint density at radius 2 is 2.32 bits per heavy atom. The van der Waals surface area contributed by atoms with Crippen molar-refractivity contribution < 1.29 is 19.1 Å². The maximum atomic E-state index is 12.1. The molecule has 6 nitrogen and oxygen atoms in total. The highest BCUT2D eigenvalue weighted by molar-refractivity contribution is 5.89. The largest absolute Gasteiger partial charge is 0.467 e. The second kappa shape index (κ2) is 7.45. The maximum Gasteiger partial charge on any atom is 0.225 e. The molecule has 2 amide bonds. The third kappa shape index (κ3) is 4.34. The van der Waals surface area contributed by atoms with Crippen LogP contribution in [0.1, 0.15) is 32.4 Å². The van der Waals surface area contributed by atoms with Crippen LogP contribution in [0.2, 0.25) is 0 Å². The Kier molecular flexibility index (Phi) is 5.60. The molecule has 1 aliphatic rings. The van der Waals surface area contributed by atoms with Gasteiger partial charge in [-0.3, -0.25) is 9.59 Å². The van der Waals surface area contributed by atoms with E-state index in [1.54, 1.807) is 17.2 Å². The van der Waals surface area contributed by atoms with Gasteiger partial charge in [-0.15, -0.1) is 0 Å². The number of hydrogen-bond acceptors (Lipinski definition) is 4. The zero-order valence-corrected chi connectivity index (χ0v) is 13.1. The Morgan fingerprint density at radius 1 is 1.55 bits per heavy atom. The van der Waals surface area contributed by atoms with Crippen LogP contribution in [0.15, 0.2) is 22.8 Å². The minimum absolute atomic E-state index is 0.0289. The first kappa shape index (κ1) is 16.5. The Hall–Kier alpha value is -1.82. The SMILES string of the molecule is CC(C)C(O)CCNC(=O)C1CC(=O)N(Cc2ccco2)C1. The van der Waals surface area contributed by atoms with Crippen molar-refractivity contribution in [3.63, 3.8) is 0 Å². The van der Waals surface area contributed by atoms with Crippen LogP contribution >= 0.6 is 0 Å². The average molecular weight is 308 g/mol. The second-order valence-electron chi connectivity index (χ2n) is 6.15. The van der Waals surface area contributed by atoms with Gasteiger partial charge in [0, 0.05) is 19.5 Å². The maximum absolute atomic E-state index is 12.1. The molecule has 2 unspecified atom stereocenters. The van der Waals surface area contributed by atoms with E-state index in [4.69, 9.17) is 4.42 Å².